The van der Waals surface area contributed by atoms with E-state index in [-0.39, 0.29) is 53.3 Å². The number of benzene rings is 2. The summed E-state index contributed by atoms with van der Waals surface area (Å²) in [5.41, 5.74) is 3.22. The first kappa shape index (κ1) is 24.9. The molecule has 194 valence electrons. The number of rotatable bonds is 4. The third-order valence-electron chi connectivity index (χ3n) is 7.28. The van der Waals surface area contributed by atoms with E-state index < -0.39 is 58.0 Å². The molecule has 2 aliphatic carbocycles. The second-order valence-electron chi connectivity index (χ2n) is 9.70. The number of aliphatic hydroxyl groups is 1. The van der Waals surface area contributed by atoms with E-state index in [2.05, 4.69) is 0 Å². The van der Waals surface area contributed by atoms with Crippen LogP contribution in [0.5, 0.6) is 17.2 Å². The largest absolute Gasteiger partial charge is 0.507 e. The molecule has 0 aromatic heterocycles. The van der Waals surface area contributed by atoms with Crippen LogP contribution >= 0.6 is 0 Å². The summed E-state index contributed by atoms with van der Waals surface area (Å²) in [6.07, 6.45) is -0.750. The Morgan fingerprint density at radius 3 is 2.49 bits per heavy atom. The van der Waals surface area contributed by atoms with Crippen molar-refractivity contribution in [2.45, 2.75) is 57.1 Å². The van der Waals surface area contributed by atoms with Crippen LogP contribution in [0.1, 0.15) is 75.8 Å². The van der Waals surface area contributed by atoms with Gasteiger partial charge in [-0.05, 0) is 26.0 Å². The lowest BCUT2D eigenvalue weighted by atomic mass is 9.72. The number of fused-ring (bicyclic) bond motifs is 3. The second kappa shape index (κ2) is 8.69. The summed E-state index contributed by atoms with van der Waals surface area (Å²) in [5, 5.41) is 34.0. The molecule has 5 N–H and O–H groups in total. The van der Waals surface area contributed by atoms with E-state index in [1.165, 1.54) is 32.2 Å². The molecule has 3 aliphatic rings. The molecule has 0 spiro atoms. The second-order valence-corrected chi connectivity index (χ2v) is 9.70. The molecule has 0 bridgehead atoms. The van der Waals surface area contributed by atoms with Crippen molar-refractivity contribution in [2.24, 2.45) is 5.73 Å². The number of allylic oxidation sites excluding steroid dienone is 1. The molecule has 1 heterocycles. The number of phenols is 2. The smallest absolute Gasteiger partial charge is 0.202 e. The SMILES string of the molecule is COc1cccc2c1C(=O)c1c(O)c3c(c(O)c1C2=O)C[C@@](O)(C(C)=O)C[C@@H]3O[C@@H]1CC(N)C=C(C)O1. The number of methoxy groups -OCH3 is 1. The van der Waals surface area contributed by atoms with Gasteiger partial charge >= 0.3 is 0 Å². The van der Waals surface area contributed by atoms with Gasteiger partial charge in [-0.25, -0.2) is 0 Å². The summed E-state index contributed by atoms with van der Waals surface area (Å²) in [5.74, 6) is -2.50. The van der Waals surface area contributed by atoms with Crippen molar-refractivity contribution >= 4 is 17.3 Å². The molecule has 4 atom stereocenters. The van der Waals surface area contributed by atoms with E-state index in [9.17, 15) is 29.7 Å². The Labute approximate surface area is 212 Å². The number of ketones is 3. The topological polar surface area (TPSA) is 166 Å². The van der Waals surface area contributed by atoms with Crippen molar-refractivity contribution in [2.75, 3.05) is 7.11 Å². The van der Waals surface area contributed by atoms with Crippen molar-refractivity contribution in [3.05, 3.63) is 63.4 Å². The first-order valence-corrected chi connectivity index (χ1v) is 11.8. The number of aromatic hydroxyl groups is 2. The van der Waals surface area contributed by atoms with E-state index in [0.29, 0.717) is 5.76 Å². The van der Waals surface area contributed by atoms with Crippen molar-refractivity contribution < 1.29 is 43.9 Å². The lowest BCUT2D eigenvalue weighted by molar-refractivity contribution is -0.181. The number of hydrogen-bond donors (Lipinski definition) is 4. The highest BCUT2D eigenvalue weighted by atomic mass is 16.7. The third-order valence-corrected chi connectivity index (χ3v) is 7.28. The van der Waals surface area contributed by atoms with Gasteiger partial charge in [0.1, 0.15) is 22.8 Å². The molecule has 0 saturated heterocycles. The van der Waals surface area contributed by atoms with E-state index in [0.717, 1.165) is 0 Å². The van der Waals surface area contributed by atoms with Crippen LogP contribution in [0.4, 0.5) is 0 Å². The number of carbonyl (C=O) groups excluding carboxylic acids is 3. The zero-order valence-corrected chi connectivity index (χ0v) is 20.5. The van der Waals surface area contributed by atoms with Gasteiger partial charge in [0.2, 0.25) is 12.1 Å². The van der Waals surface area contributed by atoms with Crippen LogP contribution in [-0.2, 0) is 20.7 Å². The third kappa shape index (κ3) is 3.79. The quantitative estimate of drug-likeness (QED) is 0.383. The standard InChI is InChI=1S/C27H27NO9/c1-11-7-13(28)8-18(36-11)37-17-10-27(34,12(2)29)9-15-20(17)26(33)22-21(24(15)31)23(30)14-5-4-6-16(35-3)19(14)25(22)32/h4-7,13,17-18,31,33-34H,8-10,28H2,1-3H3/t13?,17-,18+,27-/m0/s1. The van der Waals surface area contributed by atoms with Gasteiger partial charge in [-0.15, -0.1) is 0 Å². The highest BCUT2D eigenvalue weighted by Crippen LogP contribution is 2.52. The van der Waals surface area contributed by atoms with Crippen LogP contribution in [-0.4, -0.2) is 57.7 Å². The van der Waals surface area contributed by atoms with Crippen LogP contribution in [0.15, 0.2) is 30.0 Å². The maximum atomic E-state index is 13.6. The van der Waals surface area contributed by atoms with Gasteiger partial charge in [0.15, 0.2) is 11.6 Å². The summed E-state index contributed by atoms with van der Waals surface area (Å²) in [6.45, 7) is 2.90. The maximum absolute atomic E-state index is 13.6. The number of hydrogen-bond acceptors (Lipinski definition) is 10. The Balaban J connectivity index is 1.71. The maximum Gasteiger partial charge on any atom is 0.202 e. The molecular formula is C27H27NO9. The molecule has 37 heavy (non-hydrogen) atoms. The minimum atomic E-state index is -1.96. The van der Waals surface area contributed by atoms with Crippen LogP contribution in [0.25, 0.3) is 0 Å². The number of phenolic OH excluding ortho intramolecular Hbond substituents is 2. The Bertz CT molecular complexity index is 1390. The normalized spacial score (nSPS) is 26.4. The summed E-state index contributed by atoms with van der Waals surface area (Å²) in [6, 6.07) is 4.10. The minimum absolute atomic E-state index is 0.00351. The molecule has 0 fully saturated rings. The average molecular weight is 510 g/mol. The van der Waals surface area contributed by atoms with Crippen LogP contribution < -0.4 is 10.5 Å². The number of carbonyl (C=O) groups is 3. The lowest BCUT2D eigenvalue weighted by Crippen LogP contribution is -2.46. The zero-order chi connectivity index (χ0) is 26.8. The summed E-state index contributed by atoms with van der Waals surface area (Å²) < 4.78 is 17.1. The van der Waals surface area contributed by atoms with Gasteiger partial charge in [0.05, 0.1) is 35.7 Å². The fourth-order valence-electron chi connectivity index (χ4n) is 5.46. The first-order valence-electron chi connectivity index (χ1n) is 11.8. The molecule has 1 unspecified atom stereocenters. The summed E-state index contributed by atoms with van der Waals surface area (Å²) in [4.78, 5) is 39.5. The van der Waals surface area contributed by atoms with Crippen LogP contribution in [0, 0.1) is 0 Å². The molecular weight excluding hydrogens is 482 g/mol. The minimum Gasteiger partial charge on any atom is -0.507 e. The van der Waals surface area contributed by atoms with Crippen molar-refractivity contribution in [1.29, 1.82) is 0 Å². The Hall–Kier alpha value is -3.73. The molecule has 0 amide bonds. The monoisotopic (exact) mass is 509 g/mol. The van der Waals surface area contributed by atoms with Gasteiger partial charge in [0.25, 0.3) is 0 Å². The van der Waals surface area contributed by atoms with Crippen LogP contribution in [0.3, 0.4) is 0 Å². The summed E-state index contributed by atoms with van der Waals surface area (Å²) in [7, 11) is 1.35. The molecule has 0 radical (unpaired) electrons. The van der Waals surface area contributed by atoms with Gasteiger partial charge in [0, 0.05) is 42.0 Å². The van der Waals surface area contributed by atoms with Gasteiger partial charge in [-0.1, -0.05) is 12.1 Å². The van der Waals surface area contributed by atoms with E-state index in [1.54, 1.807) is 13.0 Å². The fourth-order valence-corrected chi connectivity index (χ4v) is 5.46. The molecule has 10 heteroatoms. The fraction of sp³-hybridized carbons (Fsp3) is 0.370. The van der Waals surface area contributed by atoms with E-state index >= 15 is 0 Å². The van der Waals surface area contributed by atoms with Crippen molar-refractivity contribution in [3.63, 3.8) is 0 Å². The predicted molar refractivity (Wildman–Crippen MR) is 129 cm³/mol. The highest BCUT2D eigenvalue weighted by Gasteiger charge is 2.49. The van der Waals surface area contributed by atoms with Crippen molar-refractivity contribution in [3.8, 4) is 17.2 Å². The van der Waals surface area contributed by atoms with Gasteiger partial charge in [-0.3, -0.25) is 14.4 Å². The lowest BCUT2D eigenvalue weighted by Gasteiger charge is -2.40. The number of Topliss-reactive ketones (excluding diaryl/α,β-unsaturated/α-hetero) is 1. The Morgan fingerprint density at radius 2 is 1.84 bits per heavy atom. The molecule has 2 aromatic rings. The highest BCUT2D eigenvalue weighted by molar-refractivity contribution is 6.31. The molecule has 2 aromatic carbocycles. The number of ether oxygens (including phenoxy) is 3. The predicted octanol–water partition coefficient (Wildman–Crippen LogP) is 2.18. The number of nitrogens with two attached hydrogens (primary N) is 1. The van der Waals surface area contributed by atoms with E-state index in [4.69, 9.17) is 19.9 Å². The van der Waals surface area contributed by atoms with Gasteiger partial charge < -0.3 is 35.3 Å². The average Bonchev–Trinajstić information content (AvgIpc) is 2.83. The summed E-state index contributed by atoms with van der Waals surface area (Å²) >= 11 is 0. The molecule has 0 saturated carbocycles. The Kier molecular flexibility index (Phi) is 5.86. The van der Waals surface area contributed by atoms with Crippen molar-refractivity contribution in [1.82, 2.24) is 0 Å². The molecule has 1 aliphatic heterocycles. The van der Waals surface area contributed by atoms with Crippen LogP contribution in [0.2, 0.25) is 0 Å². The van der Waals surface area contributed by atoms with E-state index in [1.807, 2.05) is 0 Å². The zero-order valence-electron chi connectivity index (χ0n) is 20.5. The molecule has 10 nitrogen and oxygen atoms in total. The van der Waals surface area contributed by atoms with Gasteiger partial charge in [-0.2, -0.15) is 0 Å². The first-order chi connectivity index (χ1) is 17.5. The Morgan fingerprint density at radius 1 is 1.14 bits per heavy atom. The molecule has 5 rings (SSSR count).